The average Bonchev–Trinajstić information content (AvgIpc) is 2.83. The van der Waals surface area contributed by atoms with E-state index >= 15 is 0 Å². The molecule has 3 rings (SSSR count). The summed E-state index contributed by atoms with van der Waals surface area (Å²) in [6.45, 7) is -0.000938. The highest BCUT2D eigenvalue weighted by Crippen LogP contribution is 2.36. The Morgan fingerprint density at radius 2 is 1.88 bits per heavy atom. The van der Waals surface area contributed by atoms with E-state index in [2.05, 4.69) is 5.32 Å². The van der Waals surface area contributed by atoms with Gasteiger partial charge in [0.25, 0.3) is 5.91 Å². The lowest BCUT2D eigenvalue weighted by Gasteiger charge is -2.13. The number of sulfone groups is 1. The molecule has 0 saturated carbocycles. The van der Waals surface area contributed by atoms with E-state index in [1.165, 1.54) is 12.1 Å². The van der Waals surface area contributed by atoms with Gasteiger partial charge in [-0.25, -0.2) is 8.42 Å². The van der Waals surface area contributed by atoms with Gasteiger partial charge in [-0.2, -0.15) is 13.2 Å². The van der Waals surface area contributed by atoms with Gasteiger partial charge in [-0.3, -0.25) is 4.79 Å². The molecule has 1 N–H and O–H groups in total. The maximum atomic E-state index is 12.9. The van der Waals surface area contributed by atoms with Gasteiger partial charge in [0, 0.05) is 18.0 Å². The lowest BCUT2D eigenvalue weighted by Crippen LogP contribution is -2.29. The summed E-state index contributed by atoms with van der Waals surface area (Å²) in [7, 11) is -3.42. The predicted molar refractivity (Wildman–Crippen MR) is 90.0 cm³/mol. The van der Waals surface area contributed by atoms with E-state index in [4.69, 9.17) is 11.6 Å². The van der Waals surface area contributed by atoms with E-state index in [1.54, 1.807) is 18.2 Å². The fourth-order valence-electron chi connectivity index (χ4n) is 2.92. The summed E-state index contributed by atoms with van der Waals surface area (Å²) in [5.41, 5.74) is -0.698. The molecule has 138 valence electrons. The Hall–Kier alpha value is -2.06. The predicted octanol–water partition coefficient (Wildman–Crippen LogP) is 3.66. The van der Waals surface area contributed by atoms with Crippen molar-refractivity contribution in [3.8, 4) is 0 Å². The molecule has 1 aliphatic heterocycles. The number of alkyl halides is 3. The van der Waals surface area contributed by atoms with Crippen LogP contribution < -0.4 is 5.32 Å². The fraction of sp³-hybridized carbons (Fsp3) is 0.235. The zero-order chi connectivity index (χ0) is 19.1. The molecule has 26 heavy (non-hydrogen) atoms. The molecule has 1 atom stereocenters. The number of fused-ring (bicyclic) bond motifs is 1. The van der Waals surface area contributed by atoms with Crippen LogP contribution in [0.5, 0.6) is 0 Å². The van der Waals surface area contributed by atoms with Crippen molar-refractivity contribution >= 4 is 27.3 Å². The van der Waals surface area contributed by atoms with Crippen LogP contribution in [0.25, 0.3) is 0 Å². The van der Waals surface area contributed by atoms with E-state index in [1.807, 2.05) is 0 Å². The summed E-state index contributed by atoms with van der Waals surface area (Å²) >= 11 is 5.54. The molecule has 1 aliphatic rings. The third-order valence-electron chi connectivity index (χ3n) is 4.16. The second-order valence-corrected chi connectivity index (χ2v) is 8.33. The van der Waals surface area contributed by atoms with E-state index in [0.29, 0.717) is 11.6 Å². The van der Waals surface area contributed by atoms with Gasteiger partial charge in [0.15, 0.2) is 9.84 Å². The summed E-state index contributed by atoms with van der Waals surface area (Å²) in [5.74, 6) is -1.33. The van der Waals surface area contributed by atoms with Gasteiger partial charge >= 0.3 is 6.18 Å². The molecular formula is C17H13ClF3NO3S. The largest absolute Gasteiger partial charge is 0.417 e. The molecule has 2 aromatic carbocycles. The molecule has 0 spiro atoms. The third-order valence-corrected chi connectivity index (χ3v) is 6.37. The summed E-state index contributed by atoms with van der Waals surface area (Å²) < 4.78 is 62.9. The summed E-state index contributed by atoms with van der Waals surface area (Å²) in [5, 5.41) is 2.01. The monoisotopic (exact) mass is 403 g/mol. The van der Waals surface area contributed by atoms with Crippen molar-refractivity contribution in [1.82, 2.24) is 5.32 Å². The second kappa shape index (κ2) is 6.59. The zero-order valence-electron chi connectivity index (χ0n) is 13.2. The molecule has 2 aromatic rings. The van der Waals surface area contributed by atoms with Crippen LogP contribution in [0.15, 0.2) is 47.4 Å². The molecule has 1 heterocycles. The van der Waals surface area contributed by atoms with E-state index in [0.717, 1.165) is 6.07 Å². The Morgan fingerprint density at radius 1 is 1.19 bits per heavy atom. The first-order valence-corrected chi connectivity index (χ1v) is 9.59. The van der Waals surface area contributed by atoms with Gasteiger partial charge in [0.2, 0.25) is 0 Å². The molecule has 0 aromatic heterocycles. The molecular weight excluding hydrogens is 391 g/mol. The van der Waals surface area contributed by atoms with E-state index < -0.39 is 38.4 Å². The molecule has 0 aliphatic carbocycles. The van der Waals surface area contributed by atoms with Crippen LogP contribution in [0.3, 0.4) is 0 Å². The van der Waals surface area contributed by atoms with Crippen LogP contribution in [0.2, 0.25) is 5.02 Å². The number of carbonyl (C=O) groups is 1. The molecule has 1 unspecified atom stereocenters. The van der Waals surface area contributed by atoms with E-state index in [9.17, 15) is 26.4 Å². The number of nitrogens with one attached hydrogen (secondary N) is 1. The summed E-state index contributed by atoms with van der Waals surface area (Å²) in [4.78, 5) is 12.4. The van der Waals surface area contributed by atoms with Crippen molar-refractivity contribution in [2.24, 2.45) is 0 Å². The van der Waals surface area contributed by atoms with Gasteiger partial charge in [0.05, 0.1) is 21.2 Å². The number of carbonyl (C=O) groups excluding carboxylic acids is 1. The van der Waals surface area contributed by atoms with E-state index in [-0.39, 0.29) is 22.8 Å². The SMILES string of the molecule is O=C(NCC1CS(=O)(=O)c2ccccc21)c1ccc(Cl)c(C(F)(F)F)c1. The average molecular weight is 404 g/mol. The Balaban J connectivity index is 1.77. The highest BCUT2D eigenvalue weighted by Gasteiger charge is 2.35. The van der Waals surface area contributed by atoms with Crippen molar-refractivity contribution in [2.75, 3.05) is 12.3 Å². The normalized spacial score (nSPS) is 18.4. The van der Waals surface area contributed by atoms with Crippen molar-refractivity contribution in [2.45, 2.75) is 17.0 Å². The number of halogens is 4. The van der Waals surface area contributed by atoms with Crippen LogP contribution in [0.4, 0.5) is 13.2 Å². The first kappa shape index (κ1) is 18.7. The lowest BCUT2D eigenvalue weighted by molar-refractivity contribution is -0.137. The maximum Gasteiger partial charge on any atom is 0.417 e. The van der Waals surface area contributed by atoms with Crippen molar-refractivity contribution in [1.29, 1.82) is 0 Å². The van der Waals surface area contributed by atoms with Crippen LogP contribution in [-0.2, 0) is 16.0 Å². The maximum absolute atomic E-state index is 12.9. The molecule has 9 heteroatoms. The number of amides is 1. The van der Waals surface area contributed by atoms with Crippen LogP contribution >= 0.6 is 11.6 Å². The van der Waals surface area contributed by atoms with Gasteiger partial charge in [-0.1, -0.05) is 29.8 Å². The van der Waals surface area contributed by atoms with Gasteiger partial charge in [0.1, 0.15) is 0 Å². The number of hydrogen-bond donors (Lipinski definition) is 1. The lowest BCUT2D eigenvalue weighted by atomic mass is 10.0. The number of benzene rings is 2. The quantitative estimate of drug-likeness (QED) is 0.850. The first-order valence-electron chi connectivity index (χ1n) is 7.56. The highest BCUT2D eigenvalue weighted by molar-refractivity contribution is 7.91. The Bertz CT molecular complexity index is 973. The Kier molecular flexibility index (Phi) is 4.74. The van der Waals surface area contributed by atoms with Crippen molar-refractivity contribution < 1.29 is 26.4 Å². The fourth-order valence-corrected chi connectivity index (χ4v) is 5.03. The molecule has 4 nitrogen and oxygen atoms in total. The minimum absolute atomic E-state index is 0.000938. The van der Waals surface area contributed by atoms with Gasteiger partial charge in [-0.05, 0) is 29.8 Å². The topological polar surface area (TPSA) is 63.2 Å². The molecule has 0 saturated heterocycles. The van der Waals surface area contributed by atoms with Gasteiger partial charge in [-0.15, -0.1) is 0 Å². The molecule has 0 radical (unpaired) electrons. The van der Waals surface area contributed by atoms with Crippen LogP contribution in [-0.4, -0.2) is 26.6 Å². The number of hydrogen-bond acceptors (Lipinski definition) is 3. The molecule has 1 amide bonds. The molecule has 0 bridgehead atoms. The summed E-state index contributed by atoms with van der Waals surface area (Å²) in [6, 6.07) is 9.35. The Labute approximate surface area is 152 Å². The van der Waals surface area contributed by atoms with Crippen LogP contribution in [0, 0.1) is 0 Å². The second-order valence-electron chi connectivity index (χ2n) is 5.92. The zero-order valence-corrected chi connectivity index (χ0v) is 14.8. The van der Waals surface area contributed by atoms with Crippen molar-refractivity contribution in [3.63, 3.8) is 0 Å². The Morgan fingerprint density at radius 3 is 2.58 bits per heavy atom. The first-order chi connectivity index (χ1) is 12.1. The standard InChI is InChI=1S/C17H13ClF3NO3S/c18-14-6-5-10(7-13(14)17(19,20)21)16(23)22-8-11-9-26(24,25)15-4-2-1-3-12(11)15/h1-7,11H,8-9H2,(H,22,23). The highest BCUT2D eigenvalue weighted by atomic mass is 35.5. The molecule has 0 fully saturated rings. The van der Waals surface area contributed by atoms with Crippen molar-refractivity contribution in [3.05, 3.63) is 64.2 Å². The third kappa shape index (κ3) is 3.57. The smallest absolute Gasteiger partial charge is 0.351 e. The number of rotatable bonds is 3. The minimum atomic E-state index is -4.67. The minimum Gasteiger partial charge on any atom is -0.351 e. The van der Waals surface area contributed by atoms with Crippen LogP contribution in [0.1, 0.15) is 27.4 Å². The van der Waals surface area contributed by atoms with Gasteiger partial charge < -0.3 is 5.32 Å². The summed E-state index contributed by atoms with van der Waals surface area (Å²) in [6.07, 6.45) is -4.67.